The fourth-order valence-corrected chi connectivity index (χ4v) is 3.26. The number of anilines is 2. The van der Waals surface area contributed by atoms with E-state index in [2.05, 4.69) is 25.8 Å². The highest BCUT2D eigenvalue weighted by Gasteiger charge is 2.24. The predicted octanol–water partition coefficient (Wildman–Crippen LogP) is 2.57. The second kappa shape index (κ2) is 6.04. The molecule has 1 aliphatic rings. The minimum absolute atomic E-state index is 0.316. The van der Waals surface area contributed by atoms with Crippen LogP contribution in [0.4, 0.5) is 16.0 Å². The molecule has 8 heteroatoms. The summed E-state index contributed by atoms with van der Waals surface area (Å²) in [6.07, 6.45) is 5.93. The molecule has 2 aromatic heterocycles. The number of fused-ring (bicyclic) bond motifs is 1. The summed E-state index contributed by atoms with van der Waals surface area (Å²) in [5.74, 6) is 6.74. The predicted molar refractivity (Wildman–Crippen MR) is 89.9 cm³/mol. The molecule has 0 amide bonds. The third kappa shape index (κ3) is 2.44. The van der Waals surface area contributed by atoms with E-state index < -0.39 is 0 Å². The van der Waals surface area contributed by atoms with E-state index in [-0.39, 0.29) is 5.82 Å². The maximum Gasteiger partial charge on any atom is 0.256 e. The SMILES string of the molecule is NNc1nc2ncnn2c(NC2CCCC2)c1-c1ccccc1F. The molecule has 1 saturated carbocycles. The van der Waals surface area contributed by atoms with Gasteiger partial charge in [-0.3, -0.25) is 0 Å². The highest BCUT2D eigenvalue weighted by atomic mass is 19.1. The van der Waals surface area contributed by atoms with Crippen LogP contribution in [-0.2, 0) is 0 Å². The molecule has 4 N–H and O–H groups in total. The molecule has 2 heterocycles. The maximum atomic E-state index is 14.4. The first-order valence-corrected chi connectivity index (χ1v) is 7.99. The molecule has 7 nitrogen and oxygen atoms in total. The van der Waals surface area contributed by atoms with Gasteiger partial charge in [0.2, 0.25) is 0 Å². The van der Waals surface area contributed by atoms with Crippen molar-refractivity contribution in [1.29, 1.82) is 0 Å². The first-order valence-electron chi connectivity index (χ1n) is 7.99. The average Bonchev–Trinajstić information content (AvgIpc) is 3.26. The first kappa shape index (κ1) is 14.8. The topological polar surface area (TPSA) is 93.2 Å². The Morgan fingerprint density at radius 2 is 2.00 bits per heavy atom. The van der Waals surface area contributed by atoms with Gasteiger partial charge in [-0.2, -0.15) is 19.6 Å². The summed E-state index contributed by atoms with van der Waals surface area (Å²) in [7, 11) is 0. The van der Waals surface area contributed by atoms with Gasteiger partial charge < -0.3 is 10.7 Å². The lowest BCUT2D eigenvalue weighted by atomic mass is 10.1. The van der Waals surface area contributed by atoms with Gasteiger partial charge in [0, 0.05) is 11.6 Å². The monoisotopic (exact) mass is 327 g/mol. The molecule has 1 aromatic carbocycles. The van der Waals surface area contributed by atoms with Crippen LogP contribution in [0.5, 0.6) is 0 Å². The Balaban J connectivity index is 1.96. The number of halogens is 1. The van der Waals surface area contributed by atoms with Crippen molar-refractivity contribution in [2.45, 2.75) is 31.7 Å². The number of rotatable bonds is 4. The van der Waals surface area contributed by atoms with Gasteiger partial charge >= 0.3 is 0 Å². The Bertz CT molecular complexity index is 870. The Morgan fingerprint density at radius 1 is 1.21 bits per heavy atom. The van der Waals surface area contributed by atoms with Crippen LogP contribution in [0.1, 0.15) is 25.7 Å². The van der Waals surface area contributed by atoms with Crippen LogP contribution in [-0.4, -0.2) is 25.6 Å². The van der Waals surface area contributed by atoms with Crippen molar-refractivity contribution in [3.63, 3.8) is 0 Å². The van der Waals surface area contributed by atoms with Crippen LogP contribution in [0, 0.1) is 5.82 Å². The van der Waals surface area contributed by atoms with Gasteiger partial charge in [-0.25, -0.2) is 10.2 Å². The van der Waals surface area contributed by atoms with Gasteiger partial charge in [0.05, 0.1) is 5.56 Å². The van der Waals surface area contributed by atoms with E-state index >= 15 is 0 Å². The summed E-state index contributed by atoms with van der Waals surface area (Å²) in [5, 5.41) is 7.74. The second-order valence-corrected chi connectivity index (χ2v) is 5.91. The van der Waals surface area contributed by atoms with Crippen LogP contribution in [0.2, 0.25) is 0 Å². The number of hydrogen-bond acceptors (Lipinski definition) is 6. The lowest BCUT2D eigenvalue weighted by Gasteiger charge is -2.20. The zero-order valence-corrected chi connectivity index (χ0v) is 13.0. The zero-order valence-electron chi connectivity index (χ0n) is 13.0. The molecule has 3 aromatic rings. The molecule has 0 radical (unpaired) electrons. The summed E-state index contributed by atoms with van der Waals surface area (Å²) in [5.41, 5.74) is 3.54. The van der Waals surface area contributed by atoms with Crippen molar-refractivity contribution in [1.82, 2.24) is 19.6 Å². The first-order chi connectivity index (χ1) is 11.8. The molecule has 124 valence electrons. The van der Waals surface area contributed by atoms with Crippen molar-refractivity contribution < 1.29 is 4.39 Å². The van der Waals surface area contributed by atoms with Gasteiger partial charge in [-0.15, -0.1) is 0 Å². The number of benzene rings is 1. The molecule has 1 fully saturated rings. The second-order valence-electron chi connectivity index (χ2n) is 5.91. The van der Waals surface area contributed by atoms with Gasteiger partial charge in [0.25, 0.3) is 5.78 Å². The summed E-state index contributed by atoms with van der Waals surface area (Å²) < 4.78 is 16.0. The highest BCUT2D eigenvalue weighted by Crippen LogP contribution is 2.36. The van der Waals surface area contributed by atoms with Crippen molar-refractivity contribution in [3.05, 3.63) is 36.4 Å². The fourth-order valence-electron chi connectivity index (χ4n) is 3.26. The number of nitrogens with two attached hydrogens (primary N) is 1. The molecule has 0 bridgehead atoms. The number of nitrogens with one attached hydrogen (secondary N) is 2. The van der Waals surface area contributed by atoms with E-state index in [1.807, 2.05) is 0 Å². The molecule has 0 atom stereocenters. The third-order valence-corrected chi connectivity index (χ3v) is 4.40. The fraction of sp³-hybridized carbons (Fsp3) is 0.312. The number of nitrogens with zero attached hydrogens (tertiary/aromatic N) is 4. The molecule has 24 heavy (non-hydrogen) atoms. The van der Waals surface area contributed by atoms with Crippen molar-refractivity contribution in [2.24, 2.45) is 5.84 Å². The normalized spacial score (nSPS) is 15.1. The van der Waals surface area contributed by atoms with Gasteiger partial charge in [-0.05, 0) is 18.9 Å². The van der Waals surface area contributed by atoms with Crippen LogP contribution in [0.25, 0.3) is 16.9 Å². The number of hydrazine groups is 1. The minimum atomic E-state index is -0.343. The molecule has 0 saturated heterocycles. The Labute approximate surface area is 138 Å². The van der Waals surface area contributed by atoms with E-state index in [0.717, 1.165) is 12.8 Å². The number of aromatic nitrogens is 4. The molecule has 4 rings (SSSR count). The molecular weight excluding hydrogens is 309 g/mol. The van der Waals surface area contributed by atoms with Crippen LogP contribution >= 0.6 is 0 Å². The highest BCUT2D eigenvalue weighted by molar-refractivity contribution is 5.86. The van der Waals surface area contributed by atoms with Crippen molar-refractivity contribution in [2.75, 3.05) is 10.7 Å². The van der Waals surface area contributed by atoms with Crippen LogP contribution in [0.3, 0.4) is 0 Å². The van der Waals surface area contributed by atoms with Crippen molar-refractivity contribution in [3.8, 4) is 11.1 Å². The average molecular weight is 327 g/mol. The largest absolute Gasteiger partial charge is 0.367 e. The summed E-state index contributed by atoms with van der Waals surface area (Å²) >= 11 is 0. The summed E-state index contributed by atoms with van der Waals surface area (Å²) in [6.45, 7) is 0. The van der Waals surface area contributed by atoms with Crippen molar-refractivity contribution >= 4 is 17.4 Å². The molecule has 1 aliphatic carbocycles. The molecule has 0 aliphatic heterocycles. The van der Waals surface area contributed by atoms with E-state index in [1.165, 1.54) is 25.2 Å². The standard InChI is InChI=1S/C16H18FN7/c17-12-8-4-3-7-11(12)13-14(23-18)22-16-19-9-20-24(16)15(13)21-10-5-1-2-6-10/h3-4,7-10,21H,1-2,5-6,18H2,(H,19,20,22,23). The zero-order chi connectivity index (χ0) is 16.5. The van der Waals surface area contributed by atoms with Gasteiger partial charge in [0.15, 0.2) is 5.82 Å². The summed E-state index contributed by atoms with van der Waals surface area (Å²) in [4.78, 5) is 8.48. The van der Waals surface area contributed by atoms with E-state index in [1.54, 1.807) is 22.7 Å². The molecular formula is C16H18FN7. The summed E-state index contributed by atoms with van der Waals surface area (Å²) in [6, 6.07) is 6.87. The molecule has 0 spiro atoms. The van der Waals surface area contributed by atoms with E-state index in [9.17, 15) is 4.39 Å². The number of hydrogen-bond donors (Lipinski definition) is 3. The van der Waals surface area contributed by atoms with Crippen LogP contribution < -0.4 is 16.6 Å². The third-order valence-electron chi connectivity index (χ3n) is 4.40. The quantitative estimate of drug-likeness (QED) is 0.504. The Kier molecular flexibility index (Phi) is 3.73. The Hall–Kier alpha value is -2.74. The van der Waals surface area contributed by atoms with E-state index in [0.29, 0.717) is 34.6 Å². The van der Waals surface area contributed by atoms with Gasteiger partial charge in [-0.1, -0.05) is 31.0 Å². The van der Waals surface area contributed by atoms with Crippen LogP contribution in [0.15, 0.2) is 30.6 Å². The van der Waals surface area contributed by atoms with E-state index in [4.69, 9.17) is 5.84 Å². The number of nitrogen functional groups attached to an aromatic ring is 1. The smallest absolute Gasteiger partial charge is 0.256 e. The lowest BCUT2D eigenvalue weighted by molar-refractivity contribution is 0.631. The lowest BCUT2D eigenvalue weighted by Crippen LogP contribution is -2.20. The maximum absolute atomic E-state index is 14.4. The van der Waals surface area contributed by atoms with Gasteiger partial charge in [0.1, 0.15) is 18.0 Å². The Morgan fingerprint density at radius 3 is 2.75 bits per heavy atom. The minimum Gasteiger partial charge on any atom is -0.367 e. The molecule has 0 unspecified atom stereocenters.